The lowest BCUT2D eigenvalue weighted by molar-refractivity contribution is -0.133. The number of benzene rings is 2. The molecule has 1 aliphatic heterocycles. The quantitative estimate of drug-likeness (QED) is 0.727. The van der Waals surface area contributed by atoms with Crippen LogP contribution in [0.2, 0.25) is 0 Å². The summed E-state index contributed by atoms with van der Waals surface area (Å²) in [6.45, 7) is 4.32. The number of amides is 1. The van der Waals surface area contributed by atoms with Crippen LogP contribution in [0, 0.1) is 5.92 Å². The topological polar surface area (TPSA) is 38.1 Å². The van der Waals surface area contributed by atoms with E-state index >= 15 is 0 Å². The first-order chi connectivity index (χ1) is 12.2. The number of piperidine rings is 1. The first-order valence-corrected chi connectivity index (χ1v) is 8.99. The smallest absolute Gasteiger partial charge is 0.244 e. The number of hydrogen-bond acceptors (Lipinski definition) is 2. The van der Waals surface area contributed by atoms with Crippen molar-refractivity contribution in [2.24, 2.45) is 5.92 Å². The van der Waals surface area contributed by atoms with Crippen molar-refractivity contribution in [3.63, 3.8) is 0 Å². The lowest BCUT2D eigenvalue weighted by Crippen LogP contribution is -2.39. The highest BCUT2D eigenvalue weighted by Crippen LogP contribution is 2.28. The van der Waals surface area contributed by atoms with Gasteiger partial charge in [0.1, 0.15) is 6.54 Å². The van der Waals surface area contributed by atoms with E-state index in [1.807, 2.05) is 23.4 Å². The molecular weight excluding hydrogens is 310 g/mol. The number of carbonyl (C=O) groups is 1. The maximum absolute atomic E-state index is 12.5. The Bertz CT molecular complexity index is 886. The minimum Gasteiger partial charge on any atom is -0.341 e. The summed E-state index contributed by atoms with van der Waals surface area (Å²) >= 11 is 0. The molecule has 2 heterocycles. The predicted molar refractivity (Wildman–Crippen MR) is 100 cm³/mol. The van der Waals surface area contributed by atoms with E-state index in [2.05, 4.69) is 48.4 Å². The third-order valence-corrected chi connectivity index (χ3v) is 5.17. The van der Waals surface area contributed by atoms with Crippen LogP contribution in [0.5, 0.6) is 0 Å². The van der Waals surface area contributed by atoms with Crippen molar-refractivity contribution in [1.82, 2.24) is 14.7 Å². The Hall–Kier alpha value is -2.62. The molecule has 0 spiro atoms. The van der Waals surface area contributed by atoms with Gasteiger partial charge in [0.15, 0.2) is 0 Å². The molecule has 4 heteroatoms. The van der Waals surface area contributed by atoms with Crippen LogP contribution in [0.25, 0.3) is 21.9 Å². The Kier molecular flexibility index (Phi) is 4.26. The van der Waals surface area contributed by atoms with Crippen LogP contribution in [0.1, 0.15) is 19.8 Å². The molecule has 1 saturated heterocycles. The summed E-state index contributed by atoms with van der Waals surface area (Å²) in [6.07, 6.45) is 6.04. The zero-order chi connectivity index (χ0) is 17.2. The largest absolute Gasteiger partial charge is 0.341 e. The number of hydrogen-bond donors (Lipinski definition) is 0. The van der Waals surface area contributed by atoms with Gasteiger partial charge in [-0.15, -0.1) is 0 Å². The summed E-state index contributed by atoms with van der Waals surface area (Å²) in [5, 5.41) is 6.84. The van der Waals surface area contributed by atoms with Crippen molar-refractivity contribution in [2.75, 3.05) is 13.1 Å². The molecule has 1 fully saturated rings. The molecule has 1 aromatic heterocycles. The second kappa shape index (κ2) is 6.71. The van der Waals surface area contributed by atoms with Crippen LogP contribution in [-0.2, 0) is 11.3 Å². The number of fused-ring (bicyclic) bond motifs is 1. The lowest BCUT2D eigenvalue weighted by Gasteiger charge is -2.30. The summed E-state index contributed by atoms with van der Waals surface area (Å²) in [6, 6.07) is 14.6. The van der Waals surface area contributed by atoms with Crippen molar-refractivity contribution in [1.29, 1.82) is 0 Å². The highest BCUT2D eigenvalue weighted by Gasteiger charge is 2.20. The maximum Gasteiger partial charge on any atom is 0.244 e. The second-order valence-corrected chi connectivity index (χ2v) is 7.02. The summed E-state index contributed by atoms with van der Waals surface area (Å²) in [4.78, 5) is 14.5. The molecule has 3 aromatic rings. The fraction of sp³-hybridized carbons (Fsp3) is 0.333. The highest BCUT2D eigenvalue weighted by molar-refractivity contribution is 5.96. The van der Waals surface area contributed by atoms with Gasteiger partial charge in [0, 0.05) is 24.8 Å². The van der Waals surface area contributed by atoms with Gasteiger partial charge in [-0.1, -0.05) is 49.4 Å². The zero-order valence-electron chi connectivity index (χ0n) is 14.6. The average molecular weight is 333 g/mol. The molecule has 1 aliphatic rings. The van der Waals surface area contributed by atoms with E-state index in [9.17, 15) is 4.79 Å². The fourth-order valence-corrected chi connectivity index (χ4v) is 3.56. The van der Waals surface area contributed by atoms with Crippen LogP contribution in [-0.4, -0.2) is 33.7 Å². The molecule has 4 rings (SSSR count). The molecule has 25 heavy (non-hydrogen) atoms. The van der Waals surface area contributed by atoms with E-state index in [1.165, 1.54) is 10.8 Å². The van der Waals surface area contributed by atoms with Gasteiger partial charge in [-0.2, -0.15) is 5.10 Å². The molecular formula is C21H23N3O. The van der Waals surface area contributed by atoms with Crippen LogP contribution in [0.4, 0.5) is 0 Å². The van der Waals surface area contributed by atoms with Crippen LogP contribution in [0.3, 0.4) is 0 Å². The highest BCUT2D eigenvalue weighted by atomic mass is 16.2. The normalized spacial score (nSPS) is 15.6. The van der Waals surface area contributed by atoms with E-state index in [-0.39, 0.29) is 5.91 Å². The Morgan fingerprint density at radius 1 is 1.12 bits per heavy atom. The standard InChI is InChI=1S/C21H23N3O/c1-16-9-11-23(12-10-16)21(25)15-24-14-18(13-22-24)20-8-4-6-17-5-2-3-7-19(17)20/h2-8,13-14,16H,9-12,15H2,1H3. The molecule has 0 N–H and O–H groups in total. The van der Waals surface area contributed by atoms with Crippen LogP contribution in [0.15, 0.2) is 54.9 Å². The maximum atomic E-state index is 12.5. The van der Waals surface area contributed by atoms with Gasteiger partial charge in [-0.05, 0) is 35.1 Å². The molecule has 0 radical (unpaired) electrons. The van der Waals surface area contributed by atoms with E-state index in [0.717, 1.165) is 43.0 Å². The molecule has 1 amide bonds. The molecule has 0 bridgehead atoms. The van der Waals surface area contributed by atoms with Gasteiger partial charge in [-0.3, -0.25) is 9.48 Å². The minimum atomic E-state index is 0.166. The van der Waals surface area contributed by atoms with Crippen LogP contribution < -0.4 is 0 Å². The summed E-state index contributed by atoms with van der Waals surface area (Å²) in [7, 11) is 0. The zero-order valence-corrected chi connectivity index (χ0v) is 14.6. The Balaban J connectivity index is 1.53. The minimum absolute atomic E-state index is 0.166. The number of aromatic nitrogens is 2. The Labute approximate surface area is 148 Å². The first kappa shape index (κ1) is 15.9. The van der Waals surface area contributed by atoms with E-state index in [0.29, 0.717) is 6.54 Å². The monoisotopic (exact) mass is 333 g/mol. The number of carbonyl (C=O) groups excluding carboxylic acids is 1. The molecule has 0 unspecified atom stereocenters. The molecule has 4 nitrogen and oxygen atoms in total. The van der Waals surface area contributed by atoms with Gasteiger partial charge >= 0.3 is 0 Å². The van der Waals surface area contributed by atoms with Crippen molar-refractivity contribution >= 4 is 16.7 Å². The van der Waals surface area contributed by atoms with Gasteiger partial charge in [0.05, 0.1) is 6.20 Å². The Morgan fingerprint density at radius 3 is 2.72 bits per heavy atom. The van der Waals surface area contributed by atoms with E-state index < -0.39 is 0 Å². The molecule has 0 atom stereocenters. The lowest BCUT2D eigenvalue weighted by atomic mass is 9.99. The molecule has 2 aromatic carbocycles. The van der Waals surface area contributed by atoms with Crippen molar-refractivity contribution < 1.29 is 4.79 Å². The summed E-state index contributed by atoms with van der Waals surface area (Å²) in [5.41, 5.74) is 2.21. The third-order valence-electron chi connectivity index (χ3n) is 5.17. The Morgan fingerprint density at radius 2 is 1.88 bits per heavy atom. The summed E-state index contributed by atoms with van der Waals surface area (Å²) in [5.74, 6) is 0.895. The molecule has 0 saturated carbocycles. The number of nitrogens with zero attached hydrogens (tertiary/aromatic N) is 3. The van der Waals surface area contributed by atoms with Gasteiger partial charge in [-0.25, -0.2) is 0 Å². The average Bonchev–Trinajstić information content (AvgIpc) is 3.10. The molecule has 128 valence electrons. The second-order valence-electron chi connectivity index (χ2n) is 7.02. The van der Waals surface area contributed by atoms with Crippen LogP contribution >= 0.6 is 0 Å². The molecule has 0 aliphatic carbocycles. The summed E-state index contributed by atoms with van der Waals surface area (Å²) < 4.78 is 1.76. The van der Waals surface area contributed by atoms with Gasteiger partial charge in [0.25, 0.3) is 0 Å². The van der Waals surface area contributed by atoms with Gasteiger partial charge in [0.2, 0.25) is 5.91 Å². The third kappa shape index (κ3) is 3.29. The van der Waals surface area contributed by atoms with Gasteiger partial charge < -0.3 is 4.90 Å². The number of rotatable bonds is 3. The van der Waals surface area contributed by atoms with Crippen molar-refractivity contribution in [3.8, 4) is 11.1 Å². The fourth-order valence-electron chi connectivity index (χ4n) is 3.56. The first-order valence-electron chi connectivity index (χ1n) is 8.99. The van der Waals surface area contributed by atoms with E-state index in [4.69, 9.17) is 0 Å². The number of likely N-dealkylation sites (tertiary alicyclic amines) is 1. The van der Waals surface area contributed by atoms with Crippen molar-refractivity contribution in [3.05, 3.63) is 54.9 Å². The SMILES string of the molecule is CC1CCN(C(=O)Cn2cc(-c3cccc4ccccc34)cn2)CC1. The van der Waals surface area contributed by atoms with Crippen molar-refractivity contribution in [2.45, 2.75) is 26.3 Å². The predicted octanol–water partition coefficient (Wildman–Crippen LogP) is 3.96. The van der Waals surface area contributed by atoms with E-state index in [1.54, 1.807) is 4.68 Å².